The topological polar surface area (TPSA) is 18.5 Å². The highest BCUT2D eigenvalue weighted by Gasteiger charge is 2.27. The van der Waals surface area contributed by atoms with Crippen LogP contribution < -0.4 is 0 Å². The highest BCUT2D eigenvalue weighted by Crippen LogP contribution is 2.29. The summed E-state index contributed by atoms with van der Waals surface area (Å²) in [6.45, 7) is 9.58. The first-order chi connectivity index (χ1) is 7.76. The van der Waals surface area contributed by atoms with Gasteiger partial charge in [-0.05, 0) is 32.1 Å². The lowest BCUT2D eigenvalue weighted by Gasteiger charge is -2.33. The Bertz CT molecular complexity index is 172. The molecule has 96 valence electrons. The normalized spacial score (nSPS) is 17.4. The van der Waals surface area contributed by atoms with Crippen molar-refractivity contribution in [3.05, 3.63) is 0 Å². The van der Waals surface area contributed by atoms with Crippen LogP contribution in [0.3, 0.4) is 0 Å². The van der Waals surface area contributed by atoms with Crippen LogP contribution in [-0.2, 0) is 9.47 Å². The zero-order valence-corrected chi connectivity index (χ0v) is 11.3. The Morgan fingerprint density at radius 2 is 1.88 bits per heavy atom. The molecule has 1 saturated heterocycles. The lowest BCUT2D eigenvalue weighted by atomic mass is 9.88. The molecule has 0 amide bonds. The van der Waals surface area contributed by atoms with Crippen LogP contribution in [0.25, 0.3) is 0 Å². The SMILES string of the molecule is CCCOC(CC)(CC)CCCC1COC1. The van der Waals surface area contributed by atoms with Crippen LogP contribution >= 0.6 is 0 Å². The summed E-state index contributed by atoms with van der Waals surface area (Å²) >= 11 is 0. The van der Waals surface area contributed by atoms with Gasteiger partial charge in [-0.1, -0.05) is 27.2 Å². The van der Waals surface area contributed by atoms with Crippen molar-refractivity contribution in [3.63, 3.8) is 0 Å². The second-order valence-corrected chi connectivity index (χ2v) is 5.03. The second kappa shape index (κ2) is 7.29. The van der Waals surface area contributed by atoms with Gasteiger partial charge in [-0.2, -0.15) is 0 Å². The van der Waals surface area contributed by atoms with Gasteiger partial charge in [0.05, 0.1) is 18.8 Å². The fourth-order valence-corrected chi connectivity index (χ4v) is 2.36. The summed E-state index contributed by atoms with van der Waals surface area (Å²) in [5, 5.41) is 0. The van der Waals surface area contributed by atoms with Crippen molar-refractivity contribution in [1.29, 1.82) is 0 Å². The first kappa shape index (κ1) is 14.0. The molecule has 0 aliphatic carbocycles. The van der Waals surface area contributed by atoms with E-state index in [1.807, 2.05) is 0 Å². The minimum atomic E-state index is 0.153. The molecule has 0 N–H and O–H groups in total. The molecular formula is C14H28O2. The summed E-state index contributed by atoms with van der Waals surface area (Å²) in [5.41, 5.74) is 0.153. The van der Waals surface area contributed by atoms with E-state index in [-0.39, 0.29) is 5.60 Å². The third-order valence-electron chi connectivity index (χ3n) is 3.85. The number of hydrogen-bond acceptors (Lipinski definition) is 2. The van der Waals surface area contributed by atoms with E-state index in [0.717, 1.165) is 45.0 Å². The Kier molecular flexibility index (Phi) is 6.37. The number of rotatable bonds is 9. The van der Waals surface area contributed by atoms with Crippen molar-refractivity contribution in [2.45, 2.75) is 64.9 Å². The summed E-state index contributed by atoms with van der Waals surface area (Å²) in [6, 6.07) is 0. The van der Waals surface area contributed by atoms with Gasteiger partial charge in [-0.3, -0.25) is 0 Å². The first-order valence-electron chi connectivity index (χ1n) is 6.98. The van der Waals surface area contributed by atoms with E-state index < -0.39 is 0 Å². The summed E-state index contributed by atoms with van der Waals surface area (Å²) in [7, 11) is 0. The lowest BCUT2D eigenvalue weighted by molar-refractivity contribution is -0.0668. The van der Waals surface area contributed by atoms with Crippen molar-refractivity contribution < 1.29 is 9.47 Å². The molecule has 1 heterocycles. The molecule has 0 radical (unpaired) electrons. The zero-order valence-electron chi connectivity index (χ0n) is 11.3. The zero-order chi connectivity index (χ0) is 11.9. The first-order valence-corrected chi connectivity index (χ1v) is 6.98. The molecule has 0 aromatic heterocycles. The van der Waals surface area contributed by atoms with E-state index in [1.165, 1.54) is 19.3 Å². The predicted molar refractivity (Wildman–Crippen MR) is 67.7 cm³/mol. The van der Waals surface area contributed by atoms with E-state index in [4.69, 9.17) is 9.47 Å². The molecule has 0 atom stereocenters. The van der Waals surface area contributed by atoms with Crippen molar-refractivity contribution in [2.24, 2.45) is 5.92 Å². The molecule has 1 rings (SSSR count). The minimum Gasteiger partial charge on any atom is -0.381 e. The highest BCUT2D eigenvalue weighted by atomic mass is 16.5. The monoisotopic (exact) mass is 228 g/mol. The van der Waals surface area contributed by atoms with Crippen LogP contribution in [-0.4, -0.2) is 25.4 Å². The van der Waals surface area contributed by atoms with Crippen molar-refractivity contribution >= 4 is 0 Å². The van der Waals surface area contributed by atoms with Crippen LogP contribution in [0.5, 0.6) is 0 Å². The van der Waals surface area contributed by atoms with Crippen molar-refractivity contribution in [1.82, 2.24) is 0 Å². The van der Waals surface area contributed by atoms with Gasteiger partial charge in [0.2, 0.25) is 0 Å². The standard InChI is InChI=1S/C14H28O2/c1-4-10-16-14(5-2,6-3)9-7-8-13-11-15-12-13/h13H,4-12H2,1-3H3. The third-order valence-corrected chi connectivity index (χ3v) is 3.85. The number of hydrogen-bond donors (Lipinski definition) is 0. The Morgan fingerprint density at radius 3 is 2.31 bits per heavy atom. The fourth-order valence-electron chi connectivity index (χ4n) is 2.36. The van der Waals surface area contributed by atoms with Gasteiger partial charge in [0.1, 0.15) is 0 Å². The van der Waals surface area contributed by atoms with E-state index in [9.17, 15) is 0 Å². The van der Waals surface area contributed by atoms with Gasteiger partial charge < -0.3 is 9.47 Å². The van der Waals surface area contributed by atoms with Crippen LogP contribution in [0.2, 0.25) is 0 Å². The molecule has 0 bridgehead atoms. The van der Waals surface area contributed by atoms with Gasteiger partial charge in [0, 0.05) is 12.5 Å². The van der Waals surface area contributed by atoms with E-state index in [1.54, 1.807) is 0 Å². The molecular weight excluding hydrogens is 200 g/mol. The Balaban J connectivity index is 2.24. The molecule has 2 nitrogen and oxygen atoms in total. The Labute approximate surface area is 101 Å². The van der Waals surface area contributed by atoms with Crippen LogP contribution in [0.15, 0.2) is 0 Å². The van der Waals surface area contributed by atoms with Crippen molar-refractivity contribution in [2.75, 3.05) is 19.8 Å². The molecule has 1 aliphatic rings. The maximum absolute atomic E-state index is 6.08. The Hall–Kier alpha value is -0.0800. The van der Waals surface area contributed by atoms with Crippen LogP contribution in [0.4, 0.5) is 0 Å². The second-order valence-electron chi connectivity index (χ2n) is 5.03. The van der Waals surface area contributed by atoms with E-state index in [0.29, 0.717) is 0 Å². The molecule has 16 heavy (non-hydrogen) atoms. The highest BCUT2D eigenvalue weighted by molar-refractivity contribution is 4.79. The summed E-state index contributed by atoms with van der Waals surface area (Å²) in [5.74, 6) is 0.831. The van der Waals surface area contributed by atoms with E-state index >= 15 is 0 Å². The quantitative estimate of drug-likeness (QED) is 0.598. The van der Waals surface area contributed by atoms with E-state index in [2.05, 4.69) is 20.8 Å². The average molecular weight is 228 g/mol. The molecule has 0 aromatic rings. The van der Waals surface area contributed by atoms with Crippen LogP contribution in [0, 0.1) is 5.92 Å². The summed E-state index contributed by atoms with van der Waals surface area (Å²) in [6.07, 6.45) is 7.24. The predicted octanol–water partition coefficient (Wildman–Crippen LogP) is 3.79. The fraction of sp³-hybridized carbons (Fsp3) is 1.00. The Morgan fingerprint density at radius 1 is 1.19 bits per heavy atom. The van der Waals surface area contributed by atoms with Gasteiger partial charge in [-0.15, -0.1) is 0 Å². The van der Waals surface area contributed by atoms with Gasteiger partial charge in [0.25, 0.3) is 0 Å². The minimum absolute atomic E-state index is 0.153. The molecule has 0 spiro atoms. The van der Waals surface area contributed by atoms with Gasteiger partial charge in [0.15, 0.2) is 0 Å². The molecule has 1 aliphatic heterocycles. The molecule has 1 fully saturated rings. The third kappa shape index (κ3) is 4.06. The number of ether oxygens (including phenoxy) is 2. The van der Waals surface area contributed by atoms with Crippen molar-refractivity contribution in [3.8, 4) is 0 Å². The molecule has 0 saturated carbocycles. The summed E-state index contributed by atoms with van der Waals surface area (Å²) in [4.78, 5) is 0. The molecule has 2 heteroatoms. The smallest absolute Gasteiger partial charge is 0.0677 e. The van der Waals surface area contributed by atoms with Gasteiger partial charge >= 0.3 is 0 Å². The molecule has 0 aromatic carbocycles. The largest absolute Gasteiger partial charge is 0.381 e. The van der Waals surface area contributed by atoms with Gasteiger partial charge in [-0.25, -0.2) is 0 Å². The van der Waals surface area contributed by atoms with Crippen LogP contribution in [0.1, 0.15) is 59.3 Å². The average Bonchev–Trinajstić information content (AvgIpc) is 2.27. The maximum atomic E-state index is 6.08. The maximum Gasteiger partial charge on any atom is 0.0677 e. The lowest BCUT2D eigenvalue weighted by Crippen LogP contribution is -2.33. The summed E-state index contributed by atoms with van der Waals surface area (Å²) < 4.78 is 11.3. The molecule has 0 unspecified atom stereocenters.